The van der Waals surface area contributed by atoms with E-state index in [9.17, 15) is 0 Å². The van der Waals surface area contributed by atoms with Gasteiger partial charge in [0.1, 0.15) is 5.75 Å². The minimum absolute atomic E-state index is 0.205. The summed E-state index contributed by atoms with van der Waals surface area (Å²) < 4.78 is 6.45. The first kappa shape index (κ1) is 13.0. The van der Waals surface area contributed by atoms with Crippen LogP contribution < -0.4 is 10.1 Å². The summed E-state index contributed by atoms with van der Waals surface area (Å²) in [5, 5.41) is 3.46. The summed E-state index contributed by atoms with van der Waals surface area (Å²) in [7, 11) is 1.68. The Bertz CT molecular complexity index is 527. The van der Waals surface area contributed by atoms with Crippen molar-refractivity contribution in [2.45, 2.75) is 13.0 Å². The second-order valence-electron chi connectivity index (χ2n) is 4.09. The van der Waals surface area contributed by atoms with Crippen LogP contribution in [0.2, 0.25) is 0 Å². The molecule has 2 aromatic carbocycles. The standard InChI is InChI=1S/C15H16BrNO/c1-11(12-7-3-4-8-13(12)16)17-14-9-5-6-10-15(14)18-2/h3-11,17H,1-2H3. The minimum Gasteiger partial charge on any atom is -0.495 e. The topological polar surface area (TPSA) is 21.3 Å². The van der Waals surface area contributed by atoms with Gasteiger partial charge in [-0.2, -0.15) is 0 Å². The molecule has 1 unspecified atom stereocenters. The Kier molecular flexibility index (Phi) is 4.26. The summed E-state index contributed by atoms with van der Waals surface area (Å²) in [6.45, 7) is 2.13. The molecule has 2 aromatic rings. The number of halogens is 1. The van der Waals surface area contributed by atoms with Crippen molar-refractivity contribution in [3.05, 3.63) is 58.6 Å². The van der Waals surface area contributed by atoms with Gasteiger partial charge in [-0.15, -0.1) is 0 Å². The second kappa shape index (κ2) is 5.91. The SMILES string of the molecule is COc1ccccc1NC(C)c1ccccc1Br. The fourth-order valence-corrected chi connectivity index (χ4v) is 2.53. The third kappa shape index (κ3) is 2.85. The molecule has 94 valence electrons. The third-order valence-electron chi connectivity index (χ3n) is 2.85. The van der Waals surface area contributed by atoms with Crippen LogP contribution in [0.25, 0.3) is 0 Å². The number of nitrogens with one attached hydrogen (secondary N) is 1. The van der Waals surface area contributed by atoms with Crippen LogP contribution in [0, 0.1) is 0 Å². The van der Waals surface area contributed by atoms with Crippen molar-refractivity contribution in [3.8, 4) is 5.75 Å². The van der Waals surface area contributed by atoms with Crippen molar-refractivity contribution in [1.29, 1.82) is 0 Å². The number of ether oxygens (including phenoxy) is 1. The van der Waals surface area contributed by atoms with E-state index in [-0.39, 0.29) is 6.04 Å². The molecule has 18 heavy (non-hydrogen) atoms. The van der Waals surface area contributed by atoms with Crippen LogP contribution >= 0.6 is 15.9 Å². The zero-order chi connectivity index (χ0) is 13.0. The van der Waals surface area contributed by atoms with Gasteiger partial charge in [0.15, 0.2) is 0 Å². The van der Waals surface area contributed by atoms with Crippen LogP contribution in [0.3, 0.4) is 0 Å². The summed E-state index contributed by atoms with van der Waals surface area (Å²) in [6, 6.07) is 16.4. The quantitative estimate of drug-likeness (QED) is 0.889. The van der Waals surface area contributed by atoms with Gasteiger partial charge in [0.25, 0.3) is 0 Å². The van der Waals surface area contributed by atoms with Gasteiger partial charge in [0.2, 0.25) is 0 Å². The molecule has 0 aliphatic carbocycles. The van der Waals surface area contributed by atoms with Gasteiger partial charge in [-0.3, -0.25) is 0 Å². The molecule has 0 aliphatic rings. The van der Waals surface area contributed by atoms with E-state index in [1.807, 2.05) is 36.4 Å². The molecule has 0 amide bonds. The van der Waals surface area contributed by atoms with Crippen LogP contribution in [0.1, 0.15) is 18.5 Å². The Labute approximate surface area is 116 Å². The zero-order valence-corrected chi connectivity index (χ0v) is 12.1. The number of para-hydroxylation sites is 2. The Hall–Kier alpha value is -1.48. The molecular weight excluding hydrogens is 290 g/mol. The van der Waals surface area contributed by atoms with Gasteiger partial charge in [-0.05, 0) is 30.7 Å². The largest absolute Gasteiger partial charge is 0.495 e. The molecule has 0 fully saturated rings. The molecule has 1 atom stereocenters. The van der Waals surface area contributed by atoms with Gasteiger partial charge in [-0.25, -0.2) is 0 Å². The fourth-order valence-electron chi connectivity index (χ4n) is 1.90. The minimum atomic E-state index is 0.205. The predicted molar refractivity (Wildman–Crippen MR) is 79.2 cm³/mol. The Morgan fingerprint density at radius 3 is 2.44 bits per heavy atom. The third-order valence-corrected chi connectivity index (χ3v) is 3.57. The lowest BCUT2D eigenvalue weighted by molar-refractivity contribution is 0.416. The van der Waals surface area contributed by atoms with Crippen molar-refractivity contribution < 1.29 is 4.74 Å². The smallest absolute Gasteiger partial charge is 0.141 e. The van der Waals surface area contributed by atoms with Crippen molar-refractivity contribution in [1.82, 2.24) is 0 Å². The lowest BCUT2D eigenvalue weighted by Crippen LogP contribution is -2.08. The van der Waals surface area contributed by atoms with Crippen molar-refractivity contribution >= 4 is 21.6 Å². The predicted octanol–water partition coefficient (Wildman–Crippen LogP) is 4.63. The highest BCUT2D eigenvalue weighted by Gasteiger charge is 2.10. The van der Waals surface area contributed by atoms with Crippen molar-refractivity contribution in [2.24, 2.45) is 0 Å². The molecule has 0 spiro atoms. The van der Waals surface area contributed by atoms with E-state index in [0.29, 0.717) is 0 Å². The maximum atomic E-state index is 5.34. The average Bonchev–Trinajstić information content (AvgIpc) is 2.39. The molecule has 0 heterocycles. The number of hydrogen-bond donors (Lipinski definition) is 1. The summed E-state index contributed by atoms with van der Waals surface area (Å²) in [6.07, 6.45) is 0. The van der Waals surface area contributed by atoms with Gasteiger partial charge in [0.05, 0.1) is 12.8 Å². The fraction of sp³-hybridized carbons (Fsp3) is 0.200. The maximum Gasteiger partial charge on any atom is 0.141 e. The highest BCUT2D eigenvalue weighted by atomic mass is 79.9. The Balaban J connectivity index is 2.21. The summed E-state index contributed by atoms with van der Waals surface area (Å²) >= 11 is 3.57. The molecule has 0 saturated heterocycles. The number of rotatable bonds is 4. The second-order valence-corrected chi connectivity index (χ2v) is 4.94. The van der Waals surface area contributed by atoms with Gasteiger partial charge >= 0.3 is 0 Å². The highest BCUT2D eigenvalue weighted by Crippen LogP contribution is 2.30. The first-order valence-corrected chi connectivity index (χ1v) is 6.65. The summed E-state index contributed by atoms with van der Waals surface area (Å²) in [5.41, 5.74) is 2.23. The van der Waals surface area contributed by atoms with Crippen LogP contribution in [0.5, 0.6) is 5.75 Å². The molecule has 0 aliphatic heterocycles. The van der Waals surface area contributed by atoms with Crippen molar-refractivity contribution in [3.63, 3.8) is 0 Å². The molecule has 0 saturated carbocycles. The molecule has 0 aromatic heterocycles. The van der Waals surface area contributed by atoms with E-state index in [0.717, 1.165) is 15.9 Å². The normalized spacial score (nSPS) is 11.9. The zero-order valence-electron chi connectivity index (χ0n) is 10.5. The molecule has 0 radical (unpaired) electrons. The van der Waals surface area contributed by atoms with E-state index < -0.39 is 0 Å². The van der Waals surface area contributed by atoms with Crippen LogP contribution in [0.15, 0.2) is 53.0 Å². The van der Waals surface area contributed by atoms with E-state index >= 15 is 0 Å². The number of hydrogen-bond acceptors (Lipinski definition) is 2. The molecule has 0 bridgehead atoms. The monoisotopic (exact) mass is 305 g/mol. The van der Waals surface area contributed by atoms with E-state index in [4.69, 9.17) is 4.74 Å². The first-order chi connectivity index (χ1) is 8.72. The maximum absolute atomic E-state index is 5.34. The number of benzene rings is 2. The Morgan fingerprint density at radius 2 is 1.72 bits per heavy atom. The average molecular weight is 306 g/mol. The van der Waals surface area contributed by atoms with Crippen molar-refractivity contribution in [2.75, 3.05) is 12.4 Å². The van der Waals surface area contributed by atoms with Crippen LogP contribution in [-0.4, -0.2) is 7.11 Å². The molecule has 2 rings (SSSR count). The summed E-state index contributed by atoms with van der Waals surface area (Å²) in [5.74, 6) is 0.858. The number of anilines is 1. The van der Waals surface area contributed by atoms with Gasteiger partial charge < -0.3 is 10.1 Å². The van der Waals surface area contributed by atoms with Gasteiger partial charge in [0, 0.05) is 10.5 Å². The molecular formula is C15H16BrNO. The van der Waals surface area contributed by atoms with Crippen LogP contribution in [-0.2, 0) is 0 Å². The van der Waals surface area contributed by atoms with Crippen LogP contribution in [0.4, 0.5) is 5.69 Å². The highest BCUT2D eigenvalue weighted by molar-refractivity contribution is 9.10. The molecule has 1 N–H and O–H groups in total. The van der Waals surface area contributed by atoms with E-state index in [1.54, 1.807) is 7.11 Å². The van der Waals surface area contributed by atoms with Gasteiger partial charge in [-0.1, -0.05) is 46.3 Å². The lowest BCUT2D eigenvalue weighted by Gasteiger charge is -2.18. The summed E-state index contributed by atoms with van der Waals surface area (Å²) in [4.78, 5) is 0. The van der Waals surface area contributed by atoms with E-state index in [1.165, 1.54) is 5.56 Å². The first-order valence-electron chi connectivity index (χ1n) is 5.86. The number of methoxy groups -OCH3 is 1. The van der Waals surface area contributed by atoms with E-state index in [2.05, 4.69) is 40.3 Å². The molecule has 2 nitrogen and oxygen atoms in total. The lowest BCUT2D eigenvalue weighted by atomic mass is 10.1. The molecule has 3 heteroatoms. The Morgan fingerprint density at radius 1 is 1.06 bits per heavy atom.